The number of rotatable bonds is 4. The highest BCUT2D eigenvalue weighted by atomic mass is 32.2. The van der Waals surface area contributed by atoms with Crippen molar-refractivity contribution in [3.8, 4) is 0 Å². The number of fused-ring (bicyclic) bond motifs is 1. The Labute approximate surface area is 186 Å². The van der Waals surface area contributed by atoms with Crippen LogP contribution in [0.25, 0.3) is 10.9 Å². The van der Waals surface area contributed by atoms with Gasteiger partial charge in [0.25, 0.3) is 22.5 Å². The molecule has 166 valence electrons. The molecule has 2 aromatic carbocycles. The van der Waals surface area contributed by atoms with Gasteiger partial charge in [-0.2, -0.15) is 11.8 Å². The lowest BCUT2D eigenvalue weighted by Gasteiger charge is -2.39. The maximum absolute atomic E-state index is 14.2. The van der Waals surface area contributed by atoms with E-state index in [-0.39, 0.29) is 24.0 Å². The van der Waals surface area contributed by atoms with E-state index in [9.17, 15) is 23.6 Å². The van der Waals surface area contributed by atoms with Crippen molar-refractivity contribution in [2.24, 2.45) is 0 Å². The second kappa shape index (κ2) is 8.09. The molecule has 32 heavy (non-hydrogen) atoms. The van der Waals surface area contributed by atoms with Gasteiger partial charge < -0.3 is 19.7 Å². The number of piperazine rings is 1. The summed E-state index contributed by atoms with van der Waals surface area (Å²) in [6.45, 7) is 2.64. The first-order chi connectivity index (χ1) is 15.5. The first-order valence-electron chi connectivity index (χ1n) is 10.5. The number of nitrogens with zero attached hydrogens (tertiary/aromatic N) is 3. The van der Waals surface area contributed by atoms with Gasteiger partial charge >= 0.3 is 0 Å². The predicted molar refractivity (Wildman–Crippen MR) is 122 cm³/mol. The van der Waals surface area contributed by atoms with Gasteiger partial charge in [-0.05, 0) is 12.1 Å². The quantitative estimate of drug-likeness (QED) is 0.462. The largest absolute Gasteiger partial charge is 0.365 e. The first-order valence-corrected chi connectivity index (χ1v) is 11.6. The average molecular weight is 456 g/mol. The topological polar surface area (TPSA) is 93.8 Å². The summed E-state index contributed by atoms with van der Waals surface area (Å²) in [5, 5.41) is 0.109. The first kappa shape index (κ1) is 20.7. The molecule has 8 nitrogen and oxygen atoms in total. The van der Waals surface area contributed by atoms with Gasteiger partial charge in [-0.1, -0.05) is 6.07 Å². The Morgan fingerprint density at radius 2 is 1.53 bits per heavy atom. The zero-order valence-corrected chi connectivity index (χ0v) is 18.0. The van der Waals surface area contributed by atoms with Crippen molar-refractivity contribution in [3.63, 3.8) is 0 Å². The van der Waals surface area contributed by atoms with Gasteiger partial charge in [0.05, 0.1) is 5.56 Å². The van der Waals surface area contributed by atoms with Crippen molar-refractivity contribution in [2.45, 2.75) is 0 Å². The van der Waals surface area contributed by atoms with Crippen LogP contribution in [-0.4, -0.2) is 72.3 Å². The molecular formula is C22H21FN4O4S. The van der Waals surface area contributed by atoms with Gasteiger partial charge in [0, 0.05) is 67.9 Å². The molecule has 0 radical (unpaired) electrons. The number of Topliss-reactive ketones (excluding diaryl/α,β-unsaturated/α-hetero) is 1. The second-order valence-corrected chi connectivity index (χ2v) is 9.15. The maximum atomic E-state index is 14.2. The third-order valence-corrected chi connectivity index (χ3v) is 7.11. The molecule has 5 rings (SSSR count). The van der Waals surface area contributed by atoms with E-state index in [1.807, 2.05) is 21.6 Å². The van der Waals surface area contributed by atoms with Crippen LogP contribution in [0.3, 0.4) is 0 Å². The van der Waals surface area contributed by atoms with Gasteiger partial charge in [-0.3, -0.25) is 19.2 Å². The highest BCUT2D eigenvalue weighted by Gasteiger charge is 2.34. The molecule has 1 N–H and O–H groups in total. The van der Waals surface area contributed by atoms with Crippen molar-refractivity contribution < 1.29 is 14.0 Å². The Hall–Kier alpha value is -3.14. The number of aromatic amines is 1. The molecule has 2 fully saturated rings. The number of carbonyl (C=O) groups is 2. The number of hydrogen-bond donors (Lipinski definition) is 1. The Balaban J connectivity index is 1.30. The Bertz CT molecular complexity index is 1280. The van der Waals surface area contributed by atoms with Crippen LogP contribution in [0.5, 0.6) is 0 Å². The van der Waals surface area contributed by atoms with Gasteiger partial charge in [0.15, 0.2) is 0 Å². The fourth-order valence-corrected chi connectivity index (χ4v) is 5.36. The number of aromatic nitrogens is 1. The molecule has 0 aliphatic carbocycles. The highest BCUT2D eigenvalue weighted by Crippen LogP contribution is 2.28. The van der Waals surface area contributed by atoms with Gasteiger partial charge in [0.2, 0.25) is 0 Å². The van der Waals surface area contributed by atoms with E-state index < -0.39 is 28.4 Å². The minimum absolute atomic E-state index is 0.0123. The minimum Gasteiger partial charge on any atom is -0.365 e. The third-order valence-electron chi connectivity index (χ3n) is 6.16. The summed E-state index contributed by atoms with van der Waals surface area (Å²) < 4.78 is 14.2. The standard InChI is InChI=1S/C22H21FN4O4S/c23-14-2-1-3-15-16(14)13(12-24-15)19(28)22(31)27-6-4-25(5-7-27)17-18(21(30)20(17)29)26-8-10-32-11-9-26/h1-3,12,24H,4-11H2. The van der Waals surface area contributed by atoms with Gasteiger partial charge in [-0.25, -0.2) is 4.39 Å². The minimum atomic E-state index is -0.768. The number of thioether (sulfide) groups is 1. The van der Waals surface area contributed by atoms with Crippen LogP contribution in [0.1, 0.15) is 10.4 Å². The van der Waals surface area contributed by atoms with Crippen molar-refractivity contribution in [1.82, 2.24) is 9.88 Å². The van der Waals surface area contributed by atoms with Crippen LogP contribution in [0, 0.1) is 5.82 Å². The summed E-state index contributed by atoms with van der Waals surface area (Å²) in [6.07, 6.45) is 1.36. The van der Waals surface area contributed by atoms with Crippen LogP contribution in [0.2, 0.25) is 0 Å². The number of halogens is 1. The maximum Gasteiger partial charge on any atom is 0.295 e. The molecular weight excluding hydrogens is 435 g/mol. The fourth-order valence-electron chi connectivity index (χ4n) is 4.45. The summed E-state index contributed by atoms with van der Waals surface area (Å²) in [4.78, 5) is 58.2. The number of ketones is 1. The lowest BCUT2D eigenvalue weighted by Crippen LogP contribution is -2.55. The van der Waals surface area contributed by atoms with Crippen LogP contribution < -0.4 is 20.7 Å². The zero-order chi connectivity index (χ0) is 22.4. The van der Waals surface area contributed by atoms with E-state index in [0.717, 1.165) is 24.6 Å². The molecule has 3 heterocycles. The number of benzene rings is 1. The van der Waals surface area contributed by atoms with E-state index in [2.05, 4.69) is 4.98 Å². The Morgan fingerprint density at radius 1 is 0.906 bits per heavy atom. The molecule has 1 amide bonds. The molecule has 2 saturated heterocycles. The predicted octanol–water partition coefficient (Wildman–Crippen LogP) is 0.988. The normalized spacial score (nSPS) is 17.3. The van der Waals surface area contributed by atoms with Crippen LogP contribution >= 0.6 is 11.8 Å². The number of H-pyrrole nitrogens is 1. The summed E-state index contributed by atoms with van der Waals surface area (Å²) >= 11 is 1.82. The Morgan fingerprint density at radius 3 is 2.19 bits per heavy atom. The number of nitrogens with one attached hydrogen (secondary N) is 1. The molecule has 0 atom stereocenters. The van der Waals surface area contributed by atoms with Gasteiger partial charge in [0.1, 0.15) is 17.2 Å². The average Bonchev–Trinajstić information content (AvgIpc) is 3.27. The molecule has 10 heteroatoms. The van der Waals surface area contributed by atoms with Crippen molar-refractivity contribution in [2.75, 3.05) is 60.6 Å². The summed E-state index contributed by atoms with van der Waals surface area (Å²) in [6, 6.07) is 4.42. The third kappa shape index (κ3) is 3.29. The summed E-state index contributed by atoms with van der Waals surface area (Å²) in [5.41, 5.74) is 0.456. The van der Waals surface area contributed by atoms with Crippen molar-refractivity contribution in [3.05, 3.63) is 56.2 Å². The fraction of sp³-hybridized carbons (Fsp3) is 0.364. The Kier molecular flexibility index (Phi) is 5.24. The van der Waals surface area contributed by atoms with E-state index in [4.69, 9.17) is 0 Å². The van der Waals surface area contributed by atoms with E-state index in [1.54, 1.807) is 6.07 Å². The van der Waals surface area contributed by atoms with Crippen molar-refractivity contribution >= 4 is 45.7 Å². The molecule has 2 aliphatic rings. The molecule has 0 spiro atoms. The number of hydrogen-bond acceptors (Lipinski definition) is 7. The van der Waals surface area contributed by atoms with Crippen LogP contribution in [-0.2, 0) is 4.79 Å². The monoisotopic (exact) mass is 456 g/mol. The summed E-state index contributed by atoms with van der Waals surface area (Å²) in [7, 11) is 0. The molecule has 3 aromatic rings. The van der Waals surface area contributed by atoms with Crippen LogP contribution in [0.4, 0.5) is 15.8 Å². The highest BCUT2D eigenvalue weighted by molar-refractivity contribution is 7.99. The smallest absolute Gasteiger partial charge is 0.295 e. The number of anilines is 2. The molecule has 1 aromatic heterocycles. The zero-order valence-electron chi connectivity index (χ0n) is 17.2. The lowest BCUT2D eigenvalue weighted by atomic mass is 10.1. The number of amides is 1. The van der Waals surface area contributed by atoms with Crippen LogP contribution in [0.15, 0.2) is 34.0 Å². The molecule has 2 aliphatic heterocycles. The molecule has 0 saturated carbocycles. The summed E-state index contributed by atoms with van der Waals surface area (Å²) in [5.74, 6) is -0.204. The lowest BCUT2D eigenvalue weighted by molar-refractivity contribution is -0.126. The van der Waals surface area contributed by atoms with E-state index in [0.29, 0.717) is 30.0 Å². The van der Waals surface area contributed by atoms with Crippen molar-refractivity contribution in [1.29, 1.82) is 0 Å². The molecule has 0 unspecified atom stereocenters. The van der Waals surface area contributed by atoms with Gasteiger partial charge in [-0.15, -0.1) is 0 Å². The SMILES string of the molecule is O=C(C(=O)N1CCN(c2c(N3CCSCC3)c(=O)c2=O)CC1)c1c[nH]c2cccc(F)c12. The van der Waals surface area contributed by atoms with E-state index >= 15 is 0 Å². The van der Waals surface area contributed by atoms with E-state index in [1.165, 1.54) is 23.2 Å². The molecule has 0 bridgehead atoms. The second-order valence-electron chi connectivity index (χ2n) is 7.93. The number of carbonyl (C=O) groups excluding carboxylic acids is 2.